The predicted octanol–water partition coefficient (Wildman–Crippen LogP) is 5.46. The molecule has 0 saturated carbocycles. The highest BCUT2D eigenvalue weighted by Crippen LogP contribution is 2.37. The molecule has 0 radical (unpaired) electrons. The van der Waals surface area contributed by atoms with Crippen molar-refractivity contribution >= 4 is 23.2 Å². The minimum Gasteiger partial charge on any atom is -0.497 e. The molecule has 0 aliphatic rings. The van der Waals surface area contributed by atoms with Gasteiger partial charge in [0.15, 0.2) is 0 Å². The summed E-state index contributed by atoms with van der Waals surface area (Å²) in [5, 5.41) is 0. The Morgan fingerprint density at radius 3 is 1.94 bits per heavy atom. The largest absolute Gasteiger partial charge is 0.497 e. The molecule has 0 bridgehead atoms. The summed E-state index contributed by atoms with van der Waals surface area (Å²) in [5.74, 6) is 0.866. The summed E-state index contributed by atoms with van der Waals surface area (Å²) in [4.78, 5) is 24.0. The molecule has 3 aromatic carbocycles. The molecule has 1 aromatic heterocycles. The minimum absolute atomic E-state index is 0.315. The lowest BCUT2D eigenvalue weighted by atomic mass is 9.92. The van der Waals surface area contributed by atoms with Crippen molar-refractivity contribution in [2.45, 2.75) is 12.3 Å². The van der Waals surface area contributed by atoms with E-state index in [-0.39, 0.29) is 5.97 Å². The van der Waals surface area contributed by atoms with Crippen LogP contribution in [0.25, 0.3) is 0 Å². The van der Waals surface area contributed by atoms with Crippen LogP contribution >= 0.6 is 0 Å². The van der Waals surface area contributed by atoms with Gasteiger partial charge in [0, 0.05) is 29.2 Å². The third-order valence-electron chi connectivity index (χ3n) is 5.69. The number of esters is 1. The molecule has 7 nitrogen and oxygen atoms in total. The van der Waals surface area contributed by atoms with Crippen LogP contribution < -0.4 is 14.4 Å². The van der Waals surface area contributed by atoms with E-state index in [4.69, 9.17) is 14.2 Å². The molecule has 0 fully saturated rings. The number of carbonyl (C=O) groups excluding carboxylic acids is 1. The third kappa shape index (κ3) is 5.41. The number of carbonyl (C=O) groups is 1. The fourth-order valence-electron chi connectivity index (χ4n) is 3.98. The number of nitrogens with zero attached hydrogens (tertiary/aromatic N) is 3. The maximum atomic E-state index is 13.0. The maximum absolute atomic E-state index is 13.0. The molecule has 0 spiro atoms. The maximum Gasteiger partial charge on any atom is 0.313 e. The van der Waals surface area contributed by atoms with E-state index in [9.17, 15) is 4.79 Å². The molecule has 0 N–H and O–H groups in total. The smallest absolute Gasteiger partial charge is 0.313 e. The fourth-order valence-corrected chi connectivity index (χ4v) is 3.98. The lowest BCUT2D eigenvalue weighted by Gasteiger charge is -2.27. The van der Waals surface area contributed by atoms with Gasteiger partial charge in [-0.15, -0.1) is 0 Å². The lowest BCUT2D eigenvalue weighted by Crippen LogP contribution is -2.20. The zero-order valence-corrected chi connectivity index (χ0v) is 19.9. The number of hydrogen-bond donors (Lipinski definition) is 0. The molecule has 1 heterocycles. The second kappa shape index (κ2) is 11.2. The first-order valence-electron chi connectivity index (χ1n) is 11.1. The third-order valence-corrected chi connectivity index (χ3v) is 5.69. The second-order valence-corrected chi connectivity index (χ2v) is 7.80. The number of rotatable bonds is 9. The van der Waals surface area contributed by atoms with Crippen molar-refractivity contribution in [3.05, 3.63) is 103 Å². The van der Waals surface area contributed by atoms with Crippen molar-refractivity contribution in [3.8, 4) is 11.5 Å². The van der Waals surface area contributed by atoms with E-state index < -0.39 is 5.92 Å². The molecule has 178 valence electrons. The lowest BCUT2D eigenvalue weighted by molar-refractivity contribution is -0.142. The minimum atomic E-state index is -0.623. The van der Waals surface area contributed by atoms with Crippen LogP contribution in [0.3, 0.4) is 0 Å². The zero-order chi connectivity index (χ0) is 24.6. The second-order valence-electron chi connectivity index (χ2n) is 7.80. The number of para-hydroxylation sites is 2. The molecule has 0 saturated heterocycles. The number of hydrogen-bond acceptors (Lipinski definition) is 7. The molecule has 0 amide bonds. The van der Waals surface area contributed by atoms with Crippen molar-refractivity contribution in [2.24, 2.45) is 0 Å². The van der Waals surface area contributed by atoms with Crippen LogP contribution in [0.1, 0.15) is 17.0 Å². The van der Waals surface area contributed by atoms with Gasteiger partial charge in [0.1, 0.15) is 23.6 Å². The molecule has 4 rings (SSSR count). The van der Waals surface area contributed by atoms with Gasteiger partial charge < -0.3 is 14.2 Å². The van der Waals surface area contributed by atoms with Crippen LogP contribution in [-0.4, -0.2) is 37.3 Å². The number of ether oxygens (including phenoxy) is 3. The highest BCUT2D eigenvalue weighted by molar-refractivity contribution is 5.80. The van der Waals surface area contributed by atoms with Gasteiger partial charge in [-0.2, -0.15) is 0 Å². The van der Waals surface area contributed by atoms with Gasteiger partial charge in [0.2, 0.25) is 0 Å². The van der Waals surface area contributed by atoms with E-state index in [0.29, 0.717) is 29.3 Å². The Morgan fingerprint density at radius 2 is 1.43 bits per heavy atom. The van der Waals surface area contributed by atoms with Crippen LogP contribution in [0.15, 0.2) is 91.4 Å². The molecule has 1 atom stereocenters. The monoisotopic (exact) mass is 469 g/mol. The van der Waals surface area contributed by atoms with Crippen LogP contribution in [0.2, 0.25) is 0 Å². The van der Waals surface area contributed by atoms with Crippen molar-refractivity contribution in [1.29, 1.82) is 0 Å². The topological polar surface area (TPSA) is 73.8 Å². The highest BCUT2D eigenvalue weighted by Gasteiger charge is 2.27. The standard InChI is InChI=1S/C28H27N3O4/c1-33-24-14-20(15-25(17-24)34-2)26(28(32)35-3)16-21-18-29-19-30-27(21)31(22-10-6-4-7-11-22)23-12-8-5-9-13-23/h4-15,17-19,26H,16H2,1-3H3. The van der Waals surface area contributed by atoms with Crippen molar-refractivity contribution in [1.82, 2.24) is 9.97 Å². The van der Waals surface area contributed by atoms with Crippen molar-refractivity contribution in [3.63, 3.8) is 0 Å². The molecule has 0 aliphatic carbocycles. The Kier molecular flexibility index (Phi) is 7.57. The first kappa shape index (κ1) is 23.8. The van der Waals surface area contributed by atoms with E-state index in [1.54, 1.807) is 26.5 Å². The van der Waals surface area contributed by atoms with Crippen LogP contribution in [0.4, 0.5) is 17.2 Å². The van der Waals surface area contributed by atoms with Crippen molar-refractivity contribution in [2.75, 3.05) is 26.2 Å². The molecule has 1 unspecified atom stereocenters. The van der Waals surface area contributed by atoms with Gasteiger partial charge in [0.25, 0.3) is 0 Å². The quantitative estimate of drug-likeness (QED) is 0.301. The van der Waals surface area contributed by atoms with Gasteiger partial charge in [-0.25, -0.2) is 9.97 Å². The van der Waals surface area contributed by atoms with E-state index in [2.05, 4.69) is 14.9 Å². The number of benzene rings is 3. The van der Waals surface area contributed by atoms with Crippen LogP contribution in [-0.2, 0) is 16.0 Å². The number of anilines is 3. The summed E-state index contributed by atoms with van der Waals surface area (Å²) in [6.07, 6.45) is 3.57. The fraction of sp³-hybridized carbons (Fsp3) is 0.179. The molecular formula is C28H27N3O4. The van der Waals surface area contributed by atoms with Gasteiger partial charge >= 0.3 is 5.97 Å². The Hall–Kier alpha value is -4.39. The SMILES string of the molecule is COC(=O)C(Cc1cncnc1N(c1ccccc1)c1ccccc1)c1cc(OC)cc(OC)c1. The van der Waals surface area contributed by atoms with E-state index >= 15 is 0 Å². The van der Waals surface area contributed by atoms with E-state index in [1.807, 2.05) is 72.8 Å². The zero-order valence-electron chi connectivity index (χ0n) is 19.9. The van der Waals surface area contributed by atoms with E-state index in [0.717, 1.165) is 16.9 Å². The highest BCUT2D eigenvalue weighted by atomic mass is 16.5. The Morgan fingerprint density at radius 1 is 0.857 bits per heavy atom. The summed E-state index contributed by atoms with van der Waals surface area (Å²) in [6.45, 7) is 0. The Balaban J connectivity index is 1.81. The van der Waals surface area contributed by atoms with Gasteiger partial charge in [-0.05, 0) is 48.4 Å². The van der Waals surface area contributed by atoms with Gasteiger partial charge in [-0.3, -0.25) is 9.69 Å². The summed E-state index contributed by atoms with van der Waals surface area (Å²) in [7, 11) is 4.54. The first-order chi connectivity index (χ1) is 17.1. The van der Waals surface area contributed by atoms with E-state index in [1.165, 1.54) is 13.4 Å². The number of methoxy groups -OCH3 is 3. The Labute approximate surface area is 204 Å². The predicted molar refractivity (Wildman–Crippen MR) is 135 cm³/mol. The average molecular weight is 470 g/mol. The molecular weight excluding hydrogens is 442 g/mol. The summed E-state index contributed by atoms with van der Waals surface area (Å²) in [6, 6.07) is 25.3. The molecule has 7 heteroatoms. The normalized spacial score (nSPS) is 11.4. The van der Waals surface area contributed by atoms with Crippen molar-refractivity contribution < 1.29 is 19.0 Å². The average Bonchev–Trinajstić information content (AvgIpc) is 2.93. The molecule has 35 heavy (non-hydrogen) atoms. The molecule has 0 aliphatic heterocycles. The molecule has 4 aromatic rings. The Bertz CT molecular complexity index is 1200. The number of aromatic nitrogens is 2. The first-order valence-corrected chi connectivity index (χ1v) is 11.1. The van der Waals surface area contributed by atoms with Crippen LogP contribution in [0.5, 0.6) is 11.5 Å². The summed E-state index contributed by atoms with van der Waals surface area (Å²) < 4.78 is 16.0. The van der Waals surface area contributed by atoms with Gasteiger partial charge in [0.05, 0.1) is 27.2 Å². The van der Waals surface area contributed by atoms with Crippen LogP contribution in [0, 0.1) is 0 Å². The van der Waals surface area contributed by atoms with Gasteiger partial charge in [-0.1, -0.05) is 36.4 Å². The summed E-state index contributed by atoms with van der Waals surface area (Å²) in [5.41, 5.74) is 3.39. The summed E-state index contributed by atoms with van der Waals surface area (Å²) >= 11 is 0.